The molecule has 0 aliphatic carbocycles. The highest BCUT2D eigenvalue weighted by atomic mass is 79.9. The van der Waals surface area contributed by atoms with Crippen molar-refractivity contribution in [1.29, 1.82) is 0 Å². The topological polar surface area (TPSA) is 75.7 Å². The molecule has 0 heterocycles. The minimum absolute atomic E-state index is 0.0843. The second-order valence-electron chi connectivity index (χ2n) is 6.53. The number of sulfonamides is 1. The summed E-state index contributed by atoms with van der Waals surface area (Å²) in [5.74, 6) is 0.142. The van der Waals surface area contributed by atoms with E-state index in [2.05, 4.69) is 21.2 Å². The summed E-state index contributed by atoms with van der Waals surface area (Å²) in [6.07, 6.45) is 0. The Bertz CT molecular complexity index is 1130. The van der Waals surface area contributed by atoms with E-state index < -0.39 is 15.9 Å². The van der Waals surface area contributed by atoms with Gasteiger partial charge in [0, 0.05) is 10.2 Å². The number of nitrogens with one attached hydrogen (secondary N) is 1. The number of hydrogen-bond acceptors (Lipinski definition) is 4. The van der Waals surface area contributed by atoms with Gasteiger partial charge in [0.25, 0.3) is 10.0 Å². The molecule has 0 unspecified atom stereocenters. The summed E-state index contributed by atoms with van der Waals surface area (Å²) in [6.45, 7) is 1.40. The van der Waals surface area contributed by atoms with Crippen LogP contribution in [0.5, 0.6) is 5.75 Å². The van der Waals surface area contributed by atoms with Crippen LogP contribution in [0.25, 0.3) is 0 Å². The monoisotopic (exact) mass is 488 g/mol. The van der Waals surface area contributed by atoms with Crippen molar-refractivity contribution in [3.05, 3.63) is 82.8 Å². The molecular weight excluding hydrogens is 468 g/mol. The van der Waals surface area contributed by atoms with Crippen molar-refractivity contribution in [3.8, 4) is 5.75 Å². The van der Waals surface area contributed by atoms with E-state index in [1.165, 1.54) is 19.2 Å². The number of benzene rings is 3. The number of halogens is 1. The molecule has 156 valence electrons. The number of carbonyl (C=O) groups excluding carboxylic acids is 1. The highest BCUT2D eigenvalue weighted by Gasteiger charge is 2.27. The van der Waals surface area contributed by atoms with Crippen LogP contribution in [0.2, 0.25) is 0 Å². The molecule has 0 fully saturated rings. The first-order valence-corrected chi connectivity index (χ1v) is 11.3. The quantitative estimate of drug-likeness (QED) is 0.527. The van der Waals surface area contributed by atoms with E-state index in [0.29, 0.717) is 22.7 Å². The molecule has 3 rings (SSSR count). The lowest BCUT2D eigenvalue weighted by Gasteiger charge is -2.24. The number of aryl methyl sites for hydroxylation is 1. The lowest BCUT2D eigenvalue weighted by molar-refractivity contribution is -0.114. The summed E-state index contributed by atoms with van der Waals surface area (Å²) in [5.41, 5.74) is 1.66. The summed E-state index contributed by atoms with van der Waals surface area (Å²) in [6, 6.07) is 20.2. The molecule has 1 N–H and O–H groups in total. The molecule has 0 aliphatic heterocycles. The number of nitrogens with zero attached hydrogens (tertiary/aromatic N) is 1. The molecule has 0 saturated carbocycles. The molecule has 0 atom stereocenters. The number of para-hydroxylation sites is 1. The maximum atomic E-state index is 13.4. The van der Waals surface area contributed by atoms with Crippen LogP contribution in [0.4, 0.5) is 11.4 Å². The molecular formula is C22H21BrN2O4S. The Morgan fingerprint density at radius 3 is 2.30 bits per heavy atom. The molecule has 0 spiro atoms. The zero-order valence-corrected chi connectivity index (χ0v) is 18.9. The van der Waals surface area contributed by atoms with Crippen molar-refractivity contribution >= 4 is 43.2 Å². The maximum Gasteiger partial charge on any atom is 0.264 e. The van der Waals surface area contributed by atoms with Crippen molar-refractivity contribution in [2.24, 2.45) is 0 Å². The van der Waals surface area contributed by atoms with Crippen molar-refractivity contribution in [2.45, 2.75) is 11.8 Å². The fourth-order valence-electron chi connectivity index (χ4n) is 2.91. The first kappa shape index (κ1) is 21.9. The van der Waals surface area contributed by atoms with Gasteiger partial charge in [0.05, 0.1) is 17.7 Å². The molecule has 0 aliphatic rings. The normalized spacial score (nSPS) is 11.0. The Morgan fingerprint density at radius 1 is 1.03 bits per heavy atom. The summed E-state index contributed by atoms with van der Waals surface area (Å²) in [4.78, 5) is 12.8. The van der Waals surface area contributed by atoms with Crippen LogP contribution in [0.3, 0.4) is 0 Å². The summed E-state index contributed by atoms with van der Waals surface area (Å²) in [5, 5.41) is 2.74. The van der Waals surface area contributed by atoms with Crippen molar-refractivity contribution in [2.75, 3.05) is 23.3 Å². The van der Waals surface area contributed by atoms with Gasteiger partial charge in [0.15, 0.2) is 0 Å². The molecule has 0 saturated heterocycles. The SMILES string of the molecule is COc1ccc(S(=O)(=O)N(CC(=O)Nc2ccc(Br)cc2)c2ccccc2)cc1C. The summed E-state index contributed by atoms with van der Waals surface area (Å²) in [7, 11) is -2.46. The summed E-state index contributed by atoms with van der Waals surface area (Å²) >= 11 is 3.34. The fraction of sp³-hybridized carbons (Fsp3) is 0.136. The van der Waals surface area contributed by atoms with Crippen LogP contribution >= 0.6 is 15.9 Å². The van der Waals surface area contributed by atoms with Crippen molar-refractivity contribution < 1.29 is 17.9 Å². The van der Waals surface area contributed by atoms with Gasteiger partial charge in [-0.2, -0.15) is 0 Å². The van der Waals surface area contributed by atoms with Gasteiger partial charge in [0.1, 0.15) is 12.3 Å². The number of carbonyl (C=O) groups is 1. The van der Waals surface area contributed by atoms with Gasteiger partial charge in [-0.25, -0.2) is 8.42 Å². The van der Waals surface area contributed by atoms with E-state index in [1.807, 2.05) is 0 Å². The van der Waals surface area contributed by atoms with E-state index in [-0.39, 0.29) is 11.4 Å². The number of ether oxygens (including phenoxy) is 1. The van der Waals surface area contributed by atoms with E-state index in [0.717, 1.165) is 8.78 Å². The molecule has 8 heteroatoms. The molecule has 6 nitrogen and oxygen atoms in total. The van der Waals surface area contributed by atoms with Gasteiger partial charge in [-0.05, 0) is 67.1 Å². The van der Waals surface area contributed by atoms with Crippen molar-refractivity contribution in [1.82, 2.24) is 0 Å². The number of methoxy groups -OCH3 is 1. The third kappa shape index (κ3) is 5.01. The van der Waals surface area contributed by atoms with Gasteiger partial charge >= 0.3 is 0 Å². The van der Waals surface area contributed by atoms with Crippen LogP contribution in [-0.4, -0.2) is 28.0 Å². The fourth-order valence-corrected chi connectivity index (χ4v) is 4.68. The Labute approximate surface area is 184 Å². The predicted octanol–water partition coefficient (Wildman–Crippen LogP) is 4.60. The molecule has 1 amide bonds. The lowest BCUT2D eigenvalue weighted by Crippen LogP contribution is -2.38. The number of rotatable bonds is 7. The lowest BCUT2D eigenvalue weighted by atomic mass is 10.2. The first-order chi connectivity index (χ1) is 14.3. The van der Waals surface area contributed by atoms with Crippen LogP contribution in [0.1, 0.15) is 5.56 Å². The van der Waals surface area contributed by atoms with Gasteiger partial charge in [0.2, 0.25) is 5.91 Å². The highest BCUT2D eigenvalue weighted by Crippen LogP contribution is 2.27. The maximum absolute atomic E-state index is 13.4. The van der Waals surface area contributed by atoms with Crippen LogP contribution in [0, 0.1) is 6.92 Å². The van der Waals surface area contributed by atoms with Crippen LogP contribution < -0.4 is 14.4 Å². The second-order valence-corrected chi connectivity index (χ2v) is 9.31. The minimum Gasteiger partial charge on any atom is -0.496 e. The molecule has 3 aromatic carbocycles. The van der Waals surface area contributed by atoms with Gasteiger partial charge in [-0.15, -0.1) is 0 Å². The molecule has 0 bridgehead atoms. The number of amides is 1. The van der Waals surface area contributed by atoms with Crippen LogP contribution in [0.15, 0.2) is 82.2 Å². The molecule has 3 aromatic rings. The highest BCUT2D eigenvalue weighted by molar-refractivity contribution is 9.10. The Morgan fingerprint density at radius 2 is 1.70 bits per heavy atom. The molecule has 0 radical (unpaired) electrons. The predicted molar refractivity (Wildman–Crippen MR) is 121 cm³/mol. The zero-order valence-electron chi connectivity index (χ0n) is 16.5. The third-order valence-corrected chi connectivity index (χ3v) is 6.71. The first-order valence-electron chi connectivity index (χ1n) is 9.09. The average molecular weight is 489 g/mol. The number of hydrogen-bond donors (Lipinski definition) is 1. The standard InChI is InChI=1S/C22H21BrN2O4S/c1-16-14-20(12-13-21(16)29-2)30(27,28)25(19-6-4-3-5-7-19)15-22(26)24-18-10-8-17(23)9-11-18/h3-14H,15H2,1-2H3,(H,24,26). The zero-order chi connectivity index (χ0) is 21.7. The Balaban J connectivity index is 1.93. The van der Waals surface area contributed by atoms with Gasteiger partial charge in [-0.1, -0.05) is 34.1 Å². The van der Waals surface area contributed by atoms with E-state index in [9.17, 15) is 13.2 Å². The van der Waals surface area contributed by atoms with E-state index in [4.69, 9.17) is 4.74 Å². The van der Waals surface area contributed by atoms with E-state index in [1.54, 1.807) is 67.6 Å². The summed E-state index contributed by atoms with van der Waals surface area (Å²) < 4.78 is 34.0. The van der Waals surface area contributed by atoms with Crippen LogP contribution in [-0.2, 0) is 14.8 Å². The van der Waals surface area contributed by atoms with Crippen molar-refractivity contribution in [3.63, 3.8) is 0 Å². The Hall–Kier alpha value is -2.84. The number of anilines is 2. The van der Waals surface area contributed by atoms with Gasteiger partial charge in [-0.3, -0.25) is 9.10 Å². The molecule has 0 aromatic heterocycles. The average Bonchev–Trinajstić information content (AvgIpc) is 2.74. The smallest absolute Gasteiger partial charge is 0.264 e. The van der Waals surface area contributed by atoms with Gasteiger partial charge < -0.3 is 10.1 Å². The largest absolute Gasteiger partial charge is 0.496 e. The minimum atomic E-state index is -3.99. The second kappa shape index (κ2) is 9.32. The van der Waals surface area contributed by atoms with E-state index >= 15 is 0 Å². The molecule has 30 heavy (non-hydrogen) atoms. The third-order valence-electron chi connectivity index (χ3n) is 4.41. The Kier molecular flexibility index (Phi) is 6.79.